The standard InChI is InChI=1S/C7H9BrN2S/c1-2-10-6-4-11-3-5(6)7(8)9-10/h2-4H2,1H3. The van der Waals surface area contributed by atoms with Crippen LogP contribution in [0.1, 0.15) is 18.2 Å². The minimum atomic E-state index is 0.981. The van der Waals surface area contributed by atoms with Gasteiger partial charge in [0, 0.05) is 23.6 Å². The van der Waals surface area contributed by atoms with Crippen LogP contribution in [0.3, 0.4) is 0 Å². The molecule has 0 radical (unpaired) electrons. The first-order chi connectivity index (χ1) is 5.33. The highest BCUT2D eigenvalue weighted by molar-refractivity contribution is 9.10. The van der Waals surface area contributed by atoms with Crippen LogP contribution in [0, 0.1) is 0 Å². The summed E-state index contributed by atoms with van der Waals surface area (Å²) in [6.45, 7) is 3.11. The molecular formula is C7H9BrN2S. The van der Waals surface area contributed by atoms with Gasteiger partial charge in [0.2, 0.25) is 0 Å². The Kier molecular flexibility index (Phi) is 1.97. The third kappa shape index (κ3) is 1.12. The van der Waals surface area contributed by atoms with E-state index in [1.807, 2.05) is 11.8 Å². The molecule has 4 heteroatoms. The Bertz CT molecular complexity index is 282. The Labute approximate surface area is 78.5 Å². The average molecular weight is 233 g/mol. The van der Waals surface area contributed by atoms with Crippen LogP contribution in [0.25, 0.3) is 0 Å². The van der Waals surface area contributed by atoms with E-state index in [0.29, 0.717) is 0 Å². The first-order valence-corrected chi connectivity index (χ1v) is 5.59. The molecule has 2 rings (SSSR count). The van der Waals surface area contributed by atoms with Gasteiger partial charge in [-0.1, -0.05) is 0 Å². The quantitative estimate of drug-likeness (QED) is 0.741. The van der Waals surface area contributed by atoms with Crippen molar-refractivity contribution in [3.05, 3.63) is 15.9 Å². The van der Waals surface area contributed by atoms with Gasteiger partial charge in [-0.05, 0) is 22.9 Å². The van der Waals surface area contributed by atoms with E-state index in [0.717, 1.165) is 22.7 Å². The molecule has 0 unspecified atom stereocenters. The highest BCUT2D eigenvalue weighted by atomic mass is 79.9. The van der Waals surface area contributed by atoms with E-state index >= 15 is 0 Å². The number of hydrogen-bond donors (Lipinski definition) is 0. The molecule has 1 aromatic rings. The molecule has 1 aromatic heterocycles. The number of nitrogens with zero attached hydrogens (tertiary/aromatic N) is 2. The normalized spacial score (nSPS) is 15.5. The monoisotopic (exact) mass is 232 g/mol. The topological polar surface area (TPSA) is 17.8 Å². The molecule has 1 aliphatic heterocycles. The molecule has 0 saturated heterocycles. The maximum Gasteiger partial charge on any atom is 0.132 e. The van der Waals surface area contributed by atoms with Gasteiger partial charge in [0.25, 0.3) is 0 Å². The minimum Gasteiger partial charge on any atom is -0.268 e. The Morgan fingerprint density at radius 1 is 1.64 bits per heavy atom. The van der Waals surface area contributed by atoms with Crippen molar-refractivity contribution in [2.45, 2.75) is 25.0 Å². The van der Waals surface area contributed by atoms with Crippen LogP contribution in [0.5, 0.6) is 0 Å². The van der Waals surface area contributed by atoms with Crippen molar-refractivity contribution in [2.24, 2.45) is 0 Å². The summed E-state index contributed by atoms with van der Waals surface area (Å²) >= 11 is 5.43. The molecule has 0 spiro atoms. The van der Waals surface area contributed by atoms with Crippen LogP contribution < -0.4 is 0 Å². The van der Waals surface area contributed by atoms with Crippen LogP contribution in [-0.2, 0) is 18.1 Å². The molecule has 2 nitrogen and oxygen atoms in total. The van der Waals surface area contributed by atoms with E-state index < -0.39 is 0 Å². The predicted octanol–water partition coefficient (Wildman–Crippen LogP) is 2.41. The second kappa shape index (κ2) is 2.83. The molecule has 0 fully saturated rings. The highest BCUT2D eigenvalue weighted by Crippen LogP contribution is 2.34. The zero-order valence-electron chi connectivity index (χ0n) is 6.30. The predicted molar refractivity (Wildman–Crippen MR) is 50.6 cm³/mol. The smallest absolute Gasteiger partial charge is 0.132 e. The lowest BCUT2D eigenvalue weighted by Crippen LogP contribution is -2.00. The Morgan fingerprint density at radius 2 is 2.45 bits per heavy atom. The third-order valence-electron chi connectivity index (χ3n) is 1.90. The lowest BCUT2D eigenvalue weighted by molar-refractivity contribution is 0.634. The van der Waals surface area contributed by atoms with Gasteiger partial charge in [-0.25, -0.2) is 0 Å². The molecule has 0 aliphatic carbocycles. The van der Waals surface area contributed by atoms with Crippen LogP contribution >= 0.6 is 27.7 Å². The van der Waals surface area contributed by atoms with E-state index in [-0.39, 0.29) is 0 Å². The molecule has 1 aliphatic rings. The van der Waals surface area contributed by atoms with Crippen molar-refractivity contribution in [1.29, 1.82) is 0 Å². The van der Waals surface area contributed by atoms with Crippen LogP contribution in [0.4, 0.5) is 0 Å². The molecule has 0 saturated carbocycles. The van der Waals surface area contributed by atoms with Gasteiger partial charge in [-0.3, -0.25) is 4.68 Å². The van der Waals surface area contributed by atoms with Gasteiger partial charge < -0.3 is 0 Å². The molecule has 0 amide bonds. The number of aryl methyl sites for hydroxylation is 1. The van der Waals surface area contributed by atoms with E-state index in [4.69, 9.17) is 0 Å². The van der Waals surface area contributed by atoms with E-state index in [1.165, 1.54) is 11.3 Å². The van der Waals surface area contributed by atoms with Gasteiger partial charge in [0.15, 0.2) is 0 Å². The van der Waals surface area contributed by atoms with Gasteiger partial charge in [0.05, 0.1) is 5.69 Å². The Morgan fingerprint density at radius 3 is 3.18 bits per heavy atom. The molecule has 0 N–H and O–H groups in total. The molecule has 11 heavy (non-hydrogen) atoms. The summed E-state index contributed by atoms with van der Waals surface area (Å²) in [7, 11) is 0. The first-order valence-electron chi connectivity index (χ1n) is 3.64. The van der Waals surface area contributed by atoms with Gasteiger partial charge >= 0.3 is 0 Å². The first kappa shape index (κ1) is 7.68. The summed E-state index contributed by atoms with van der Waals surface area (Å²) < 4.78 is 3.12. The maximum absolute atomic E-state index is 4.37. The average Bonchev–Trinajstić information content (AvgIpc) is 2.54. The Hall–Kier alpha value is 0.0400. The summed E-state index contributed by atoms with van der Waals surface area (Å²) in [6, 6.07) is 0. The molecular weight excluding hydrogens is 224 g/mol. The van der Waals surface area contributed by atoms with Gasteiger partial charge in [0.1, 0.15) is 4.60 Å². The lowest BCUT2D eigenvalue weighted by atomic mass is 10.3. The number of fused-ring (bicyclic) bond motifs is 1. The van der Waals surface area contributed by atoms with Crippen molar-refractivity contribution in [2.75, 3.05) is 0 Å². The van der Waals surface area contributed by atoms with Crippen molar-refractivity contribution in [1.82, 2.24) is 9.78 Å². The summed E-state index contributed by atoms with van der Waals surface area (Å²) in [4.78, 5) is 0. The van der Waals surface area contributed by atoms with Crippen LogP contribution in [0.2, 0.25) is 0 Å². The summed E-state index contributed by atoms with van der Waals surface area (Å²) in [5, 5.41) is 4.37. The molecule has 60 valence electrons. The van der Waals surface area contributed by atoms with Crippen molar-refractivity contribution in [3.8, 4) is 0 Å². The minimum absolute atomic E-state index is 0.981. The van der Waals surface area contributed by atoms with Gasteiger partial charge in [-0.2, -0.15) is 16.9 Å². The highest BCUT2D eigenvalue weighted by Gasteiger charge is 2.20. The third-order valence-corrected chi connectivity index (χ3v) is 3.51. The molecule has 2 heterocycles. The maximum atomic E-state index is 4.37. The number of halogens is 1. The lowest BCUT2D eigenvalue weighted by Gasteiger charge is -1.97. The molecule has 0 atom stereocenters. The second-order valence-electron chi connectivity index (χ2n) is 2.52. The number of hydrogen-bond acceptors (Lipinski definition) is 2. The zero-order valence-corrected chi connectivity index (χ0v) is 8.70. The van der Waals surface area contributed by atoms with Crippen molar-refractivity contribution in [3.63, 3.8) is 0 Å². The van der Waals surface area contributed by atoms with E-state index in [9.17, 15) is 0 Å². The SMILES string of the molecule is CCn1nc(Br)c2c1CSC2. The fourth-order valence-electron chi connectivity index (χ4n) is 1.32. The number of aromatic nitrogens is 2. The number of rotatable bonds is 1. The fraction of sp³-hybridized carbons (Fsp3) is 0.571. The van der Waals surface area contributed by atoms with Gasteiger partial charge in [-0.15, -0.1) is 0 Å². The Balaban J connectivity index is 2.52. The summed E-state index contributed by atoms with van der Waals surface area (Å²) in [5.74, 6) is 2.25. The second-order valence-corrected chi connectivity index (χ2v) is 4.26. The summed E-state index contributed by atoms with van der Waals surface area (Å²) in [5.41, 5.74) is 2.81. The van der Waals surface area contributed by atoms with Crippen LogP contribution in [0.15, 0.2) is 4.60 Å². The molecule has 0 aromatic carbocycles. The van der Waals surface area contributed by atoms with Crippen LogP contribution in [-0.4, -0.2) is 9.78 Å². The van der Waals surface area contributed by atoms with E-state index in [1.54, 1.807) is 0 Å². The van der Waals surface area contributed by atoms with Crippen molar-refractivity contribution >= 4 is 27.7 Å². The number of thioether (sulfide) groups is 1. The zero-order chi connectivity index (χ0) is 7.84. The summed E-state index contributed by atoms with van der Waals surface area (Å²) in [6.07, 6.45) is 0. The van der Waals surface area contributed by atoms with Crippen molar-refractivity contribution < 1.29 is 0 Å². The van der Waals surface area contributed by atoms with E-state index in [2.05, 4.69) is 32.6 Å². The molecule has 0 bridgehead atoms. The largest absolute Gasteiger partial charge is 0.268 e. The fourth-order valence-corrected chi connectivity index (χ4v) is 3.19.